The monoisotopic (exact) mass is 263 g/mol. The lowest BCUT2D eigenvalue weighted by Crippen LogP contribution is -2.18. The quantitative estimate of drug-likeness (QED) is 0.672. The Kier molecular flexibility index (Phi) is 7.57. The van der Waals surface area contributed by atoms with Gasteiger partial charge in [0.05, 0.1) is 6.61 Å². The third-order valence-corrected chi connectivity index (χ3v) is 3.21. The molecule has 108 valence electrons. The topological polar surface area (TPSA) is 21.3 Å². The first-order valence-corrected chi connectivity index (χ1v) is 7.58. The van der Waals surface area contributed by atoms with Crippen molar-refractivity contribution in [3.05, 3.63) is 29.3 Å². The highest BCUT2D eigenvalue weighted by atomic mass is 16.5. The van der Waals surface area contributed by atoms with E-state index < -0.39 is 0 Å². The van der Waals surface area contributed by atoms with Gasteiger partial charge in [0.15, 0.2) is 0 Å². The Balaban J connectivity index is 2.29. The SMILES string of the molecule is CCCCNCCCOc1cc(C)cc(C(C)C)c1. The van der Waals surface area contributed by atoms with Gasteiger partial charge in [0.2, 0.25) is 0 Å². The van der Waals surface area contributed by atoms with Gasteiger partial charge in [-0.1, -0.05) is 33.3 Å². The van der Waals surface area contributed by atoms with Crippen LogP contribution >= 0.6 is 0 Å². The third kappa shape index (κ3) is 6.63. The Hall–Kier alpha value is -1.02. The molecule has 0 fully saturated rings. The van der Waals surface area contributed by atoms with Crippen molar-refractivity contribution in [1.29, 1.82) is 0 Å². The van der Waals surface area contributed by atoms with Crippen LogP contribution < -0.4 is 10.1 Å². The largest absolute Gasteiger partial charge is 0.494 e. The van der Waals surface area contributed by atoms with E-state index in [1.807, 2.05) is 0 Å². The average molecular weight is 263 g/mol. The zero-order chi connectivity index (χ0) is 14.1. The molecule has 0 aliphatic heterocycles. The van der Waals surface area contributed by atoms with Gasteiger partial charge in [-0.2, -0.15) is 0 Å². The van der Waals surface area contributed by atoms with E-state index in [0.29, 0.717) is 5.92 Å². The molecule has 0 amide bonds. The van der Waals surface area contributed by atoms with E-state index in [4.69, 9.17) is 4.74 Å². The summed E-state index contributed by atoms with van der Waals surface area (Å²) in [6.07, 6.45) is 3.58. The van der Waals surface area contributed by atoms with Crippen molar-refractivity contribution in [3.63, 3.8) is 0 Å². The fraction of sp³-hybridized carbons (Fsp3) is 0.647. The van der Waals surface area contributed by atoms with Gasteiger partial charge in [-0.15, -0.1) is 0 Å². The van der Waals surface area contributed by atoms with Crippen molar-refractivity contribution < 1.29 is 4.74 Å². The summed E-state index contributed by atoms with van der Waals surface area (Å²) in [4.78, 5) is 0. The Morgan fingerprint density at radius 2 is 1.84 bits per heavy atom. The second-order valence-electron chi connectivity index (χ2n) is 5.54. The molecule has 0 atom stereocenters. The smallest absolute Gasteiger partial charge is 0.119 e. The van der Waals surface area contributed by atoms with E-state index in [9.17, 15) is 0 Å². The Bertz CT molecular complexity index is 360. The molecule has 0 heterocycles. The molecule has 0 bridgehead atoms. The first kappa shape index (κ1) is 16.0. The number of hydrogen-bond donors (Lipinski definition) is 1. The van der Waals surface area contributed by atoms with Gasteiger partial charge in [0, 0.05) is 0 Å². The maximum Gasteiger partial charge on any atom is 0.119 e. The van der Waals surface area contributed by atoms with Crippen LogP contribution in [-0.4, -0.2) is 19.7 Å². The van der Waals surface area contributed by atoms with Crippen LogP contribution in [0, 0.1) is 6.92 Å². The summed E-state index contributed by atoms with van der Waals surface area (Å²) in [5.74, 6) is 1.57. The second kappa shape index (κ2) is 8.98. The molecule has 1 aromatic carbocycles. The number of aryl methyl sites for hydroxylation is 1. The van der Waals surface area contributed by atoms with Crippen LogP contribution in [0.5, 0.6) is 5.75 Å². The van der Waals surface area contributed by atoms with Crippen LogP contribution in [0.3, 0.4) is 0 Å². The van der Waals surface area contributed by atoms with Crippen LogP contribution in [0.15, 0.2) is 18.2 Å². The molecule has 0 radical (unpaired) electrons. The Morgan fingerprint density at radius 3 is 2.53 bits per heavy atom. The van der Waals surface area contributed by atoms with Gasteiger partial charge in [0.1, 0.15) is 5.75 Å². The summed E-state index contributed by atoms with van der Waals surface area (Å²) in [5.41, 5.74) is 2.64. The first-order chi connectivity index (χ1) is 9.13. The minimum Gasteiger partial charge on any atom is -0.494 e. The molecule has 1 rings (SSSR count). The fourth-order valence-electron chi connectivity index (χ4n) is 2.01. The molecule has 0 spiro atoms. The zero-order valence-corrected chi connectivity index (χ0v) is 13.0. The van der Waals surface area contributed by atoms with Crippen molar-refractivity contribution in [2.45, 2.75) is 52.9 Å². The lowest BCUT2D eigenvalue weighted by atomic mass is 10.0. The predicted octanol–water partition coefficient (Wildman–Crippen LogP) is 4.28. The van der Waals surface area contributed by atoms with Crippen molar-refractivity contribution in [3.8, 4) is 5.75 Å². The van der Waals surface area contributed by atoms with E-state index in [1.54, 1.807) is 0 Å². The van der Waals surface area contributed by atoms with Crippen LogP contribution in [-0.2, 0) is 0 Å². The van der Waals surface area contributed by atoms with Gasteiger partial charge in [-0.05, 0) is 62.0 Å². The Morgan fingerprint density at radius 1 is 1.11 bits per heavy atom. The van der Waals surface area contributed by atoms with E-state index >= 15 is 0 Å². The molecule has 1 aromatic rings. The summed E-state index contributed by atoms with van der Waals surface area (Å²) in [6, 6.07) is 6.53. The van der Waals surface area contributed by atoms with Crippen LogP contribution in [0.2, 0.25) is 0 Å². The van der Waals surface area contributed by atoms with E-state index in [0.717, 1.165) is 31.9 Å². The van der Waals surface area contributed by atoms with Crippen LogP contribution in [0.25, 0.3) is 0 Å². The maximum atomic E-state index is 5.84. The number of rotatable bonds is 9. The van der Waals surface area contributed by atoms with Gasteiger partial charge in [0.25, 0.3) is 0 Å². The number of nitrogens with one attached hydrogen (secondary N) is 1. The third-order valence-electron chi connectivity index (χ3n) is 3.21. The maximum absolute atomic E-state index is 5.84. The molecule has 1 N–H and O–H groups in total. The fourth-order valence-corrected chi connectivity index (χ4v) is 2.01. The van der Waals surface area contributed by atoms with E-state index in [2.05, 4.69) is 51.2 Å². The molecular weight excluding hydrogens is 234 g/mol. The van der Waals surface area contributed by atoms with Crippen LogP contribution in [0.4, 0.5) is 0 Å². The molecule has 0 saturated heterocycles. The predicted molar refractivity (Wildman–Crippen MR) is 83.2 cm³/mol. The first-order valence-electron chi connectivity index (χ1n) is 7.58. The molecule has 0 saturated carbocycles. The number of ether oxygens (including phenoxy) is 1. The van der Waals surface area contributed by atoms with Gasteiger partial charge in [-0.25, -0.2) is 0 Å². The molecule has 2 heteroatoms. The lowest BCUT2D eigenvalue weighted by molar-refractivity contribution is 0.307. The van der Waals surface area contributed by atoms with Crippen molar-refractivity contribution in [2.75, 3.05) is 19.7 Å². The highest BCUT2D eigenvalue weighted by Gasteiger charge is 2.03. The summed E-state index contributed by atoms with van der Waals surface area (Å²) in [5, 5.41) is 3.43. The normalized spacial score (nSPS) is 11.0. The molecule has 0 aliphatic rings. The highest BCUT2D eigenvalue weighted by molar-refractivity contribution is 5.35. The number of unbranched alkanes of at least 4 members (excludes halogenated alkanes) is 1. The molecule has 2 nitrogen and oxygen atoms in total. The molecule has 19 heavy (non-hydrogen) atoms. The number of hydrogen-bond acceptors (Lipinski definition) is 2. The number of benzene rings is 1. The van der Waals surface area contributed by atoms with Crippen LogP contribution in [0.1, 0.15) is 57.1 Å². The summed E-state index contributed by atoms with van der Waals surface area (Å²) >= 11 is 0. The minimum absolute atomic E-state index is 0.554. The molecule has 0 aromatic heterocycles. The summed E-state index contributed by atoms with van der Waals surface area (Å²) in [6.45, 7) is 11.7. The summed E-state index contributed by atoms with van der Waals surface area (Å²) in [7, 11) is 0. The van der Waals surface area contributed by atoms with Gasteiger partial charge in [-0.3, -0.25) is 0 Å². The van der Waals surface area contributed by atoms with Crippen molar-refractivity contribution in [2.24, 2.45) is 0 Å². The Labute approximate surface area is 118 Å². The van der Waals surface area contributed by atoms with Gasteiger partial charge < -0.3 is 10.1 Å². The molecule has 0 aliphatic carbocycles. The van der Waals surface area contributed by atoms with Crippen molar-refractivity contribution >= 4 is 0 Å². The van der Waals surface area contributed by atoms with E-state index in [1.165, 1.54) is 24.0 Å². The molecule has 0 unspecified atom stereocenters. The van der Waals surface area contributed by atoms with E-state index in [-0.39, 0.29) is 0 Å². The standard InChI is InChI=1S/C17H29NO/c1-5-6-8-18-9-7-10-19-17-12-15(4)11-16(13-17)14(2)3/h11-14,18H,5-10H2,1-4H3. The second-order valence-corrected chi connectivity index (χ2v) is 5.54. The lowest BCUT2D eigenvalue weighted by Gasteiger charge is -2.12. The zero-order valence-electron chi connectivity index (χ0n) is 13.0. The summed E-state index contributed by atoms with van der Waals surface area (Å²) < 4.78 is 5.84. The highest BCUT2D eigenvalue weighted by Crippen LogP contribution is 2.22. The van der Waals surface area contributed by atoms with Crippen molar-refractivity contribution in [1.82, 2.24) is 5.32 Å². The minimum atomic E-state index is 0.554. The average Bonchev–Trinajstić information content (AvgIpc) is 2.37. The van der Waals surface area contributed by atoms with Gasteiger partial charge >= 0.3 is 0 Å². The molecular formula is C17H29NO.